The van der Waals surface area contributed by atoms with E-state index < -0.39 is 0 Å². The van der Waals surface area contributed by atoms with Gasteiger partial charge in [0, 0.05) is 31.0 Å². The van der Waals surface area contributed by atoms with Crippen molar-refractivity contribution in [2.24, 2.45) is 0 Å². The molecule has 1 heterocycles. The van der Waals surface area contributed by atoms with E-state index in [1.807, 2.05) is 42.5 Å². The number of anilines is 2. The van der Waals surface area contributed by atoms with E-state index in [-0.39, 0.29) is 17.7 Å². The quantitative estimate of drug-likeness (QED) is 0.695. The first-order valence-corrected chi connectivity index (χ1v) is 10.3. The fraction of sp³-hybridized carbons (Fsp3) is 0.364. The molecular weight excluding hydrogens is 374 g/mol. The zero-order chi connectivity index (χ0) is 19.8. The molecule has 0 unspecified atom stereocenters. The monoisotopic (exact) mass is 399 g/mol. The van der Waals surface area contributed by atoms with E-state index in [0.29, 0.717) is 17.8 Å². The summed E-state index contributed by atoms with van der Waals surface area (Å²) in [7, 11) is 0. The molecule has 0 aliphatic carbocycles. The van der Waals surface area contributed by atoms with Gasteiger partial charge in [-0.15, -0.1) is 11.6 Å². The van der Waals surface area contributed by atoms with Crippen molar-refractivity contribution in [3.63, 3.8) is 0 Å². The number of hydrogen-bond donors (Lipinski definition) is 2. The molecule has 0 saturated carbocycles. The molecule has 1 aliphatic rings. The van der Waals surface area contributed by atoms with Crippen molar-refractivity contribution in [3.05, 3.63) is 59.7 Å². The number of alkyl halides is 1. The summed E-state index contributed by atoms with van der Waals surface area (Å²) < 4.78 is 0. The predicted octanol–water partition coefficient (Wildman–Crippen LogP) is 3.83. The Morgan fingerprint density at radius 3 is 2.46 bits per heavy atom. The number of halogens is 1. The average Bonchev–Trinajstić information content (AvgIpc) is 2.75. The van der Waals surface area contributed by atoms with Gasteiger partial charge in [-0.2, -0.15) is 0 Å². The van der Waals surface area contributed by atoms with Crippen LogP contribution in [0.2, 0.25) is 0 Å². The smallest absolute Gasteiger partial charge is 0.253 e. The number of nitrogens with zero attached hydrogens (tertiary/aromatic N) is 1. The molecule has 0 radical (unpaired) electrons. The minimum Gasteiger partial charge on any atom is -0.371 e. The number of amides is 2. The molecule has 2 N–H and O–H groups in total. The van der Waals surface area contributed by atoms with Crippen LogP contribution < -0.4 is 15.5 Å². The van der Waals surface area contributed by atoms with Crippen LogP contribution in [0.15, 0.2) is 48.5 Å². The highest BCUT2D eigenvalue weighted by Gasteiger charge is 2.19. The number of benzene rings is 2. The largest absolute Gasteiger partial charge is 0.371 e. The Bertz CT molecular complexity index is 805. The lowest BCUT2D eigenvalue weighted by Crippen LogP contribution is -2.33. The number of hydrogen-bond acceptors (Lipinski definition) is 3. The molecule has 1 aliphatic heterocycles. The molecule has 2 aromatic rings. The number of carbonyl (C=O) groups is 2. The van der Waals surface area contributed by atoms with Crippen molar-refractivity contribution in [1.29, 1.82) is 0 Å². The maximum atomic E-state index is 12.9. The van der Waals surface area contributed by atoms with E-state index in [1.165, 1.54) is 12.0 Å². The lowest BCUT2D eigenvalue weighted by atomic mass is 10.1. The van der Waals surface area contributed by atoms with Crippen LogP contribution in [0.3, 0.4) is 0 Å². The Labute approximate surface area is 171 Å². The van der Waals surface area contributed by atoms with Crippen LogP contribution in [0, 0.1) is 0 Å². The maximum Gasteiger partial charge on any atom is 0.253 e. The lowest BCUT2D eigenvalue weighted by molar-refractivity contribution is -0.113. The third-order valence-electron chi connectivity index (χ3n) is 4.89. The molecule has 0 aromatic heterocycles. The molecule has 1 fully saturated rings. The van der Waals surface area contributed by atoms with Gasteiger partial charge in [-0.1, -0.05) is 30.3 Å². The Morgan fingerprint density at radius 2 is 1.75 bits per heavy atom. The van der Waals surface area contributed by atoms with E-state index in [0.717, 1.165) is 38.0 Å². The van der Waals surface area contributed by atoms with Gasteiger partial charge in [0.1, 0.15) is 5.88 Å². The molecule has 28 heavy (non-hydrogen) atoms. The summed E-state index contributed by atoms with van der Waals surface area (Å²) in [6.07, 6.45) is 4.24. The minimum absolute atomic E-state index is 0.119. The molecule has 0 bridgehead atoms. The second-order valence-corrected chi connectivity index (χ2v) is 7.22. The lowest BCUT2D eigenvalue weighted by Gasteiger charge is -2.30. The summed E-state index contributed by atoms with van der Waals surface area (Å²) in [5, 5.41) is 5.75. The average molecular weight is 400 g/mol. The van der Waals surface area contributed by atoms with Gasteiger partial charge in [-0.05, 0) is 49.4 Å². The molecule has 0 spiro atoms. The molecule has 6 heteroatoms. The Kier molecular flexibility index (Phi) is 7.31. The zero-order valence-electron chi connectivity index (χ0n) is 15.9. The first kappa shape index (κ1) is 20.2. The zero-order valence-corrected chi connectivity index (χ0v) is 16.7. The van der Waals surface area contributed by atoms with E-state index >= 15 is 0 Å². The van der Waals surface area contributed by atoms with Crippen molar-refractivity contribution < 1.29 is 9.59 Å². The highest BCUT2D eigenvalue weighted by molar-refractivity contribution is 6.29. The second-order valence-electron chi connectivity index (χ2n) is 6.95. The molecule has 0 atom stereocenters. The molecule has 3 rings (SSSR count). The van der Waals surface area contributed by atoms with Gasteiger partial charge >= 0.3 is 0 Å². The van der Waals surface area contributed by atoms with Gasteiger partial charge in [0.2, 0.25) is 5.91 Å². The Hall–Kier alpha value is -2.53. The van der Waals surface area contributed by atoms with Crippen LogP contribution in [-0.2, 0) is 11.2 Å². The standard InChI is InChI=1S/C22H26ClN3O2/c23-16-21(27)25-18-9-10-20(26-13-5-2-6-14-26)19(15-18)22(28)24-12-11-17-7-3-1-4-8-17/h1,3-4,7-10,15H,2,5-6,11-14,16H2,(H,24,28)(H,25,27). The van der Waals surface area contributed by atoms with Gasteiger partial charge in [-0.25, -0.2) is 0 Å². The van der Waals surface area contributed by atoms with Crippen LogP contribution in [-0.4, -0.2) is 37.3 Å². The van der Waals surface area contributed by atoms with E-state index in [1.54, 1.807) is 6.07 Å². The van der Waals surface area contributed by atoms with Crippen molar-refractivity contribution >= 4 is 34.8 Å². The summed E-state index contributed by atoms with van der Waals surface area (Å²) in [5.74, 6) is -0.534. The van der Waals surface area contributed by atoms with Crippen LogP contribution in [0.1, 0.15) is 35.2 Å². The van der Waals surface area contributed by atoms with Gasteiger partial charge in [-0.3, -0.25) is 9.59 Å². The summed E-state index contributed by atoms with van der Waals surface area (Å²) in [5.41, 5.74) is 3.27. The topological polar surface area (TPSA) is 61.4 Å². The van der Waals surface area contributed by atoms with Gasteiger partial charge in [0.15, 0.2) is 0 Å². The number of carbonyl (C=O) groups excluding carboxylic acids is 2. The second kappa shape index (κ2) is 10.1. The predicted molar refractivity (Wildman–Crippen MR) is 114 cm³/mol. The summed E-state index contributed by atoms with van der Waals surface area (Å²) in [4.78, 5) is 26.8. The van der Waals surface area contributed by atoms with E-state index in [9.17, 15) is 9.59 Å². The van der Waals surface area contributed by atoms with Gasteiger partial charge in [0.05, 0.1) is 5.56 Å². The summed E-state index contributed by atoms with van der Waals surface area (Å²) in [6, 6.07) is 15.6. The fourth-order valence-corrected chi connectivity index (χ4v) is 3.53. The Morgan fingerprint density at radius 1 is 1.00 bits per heavy atom. The number of piperidine rings is 1. The molecular formula is C22H26ClN3O2. The molecule has 148 valence electrons. The highest BCUT2D eigenvalue weighted by Crippen LogP contribution is 2.27. The van der Waals surface area contributed by atoms with Gasteiger partial charge in [0.25, 0.3) is 5.91 Å². The van der Waals surface area contributed by atoms with Crippen molar-refractivity contribution in [3.8, 4) is 0 Å². The fourth-order valence-electron chi connectivity index (χ4n) is 3.46. The maximum absolute atomic E-state index is 12.9. The molecule has 2 amide bonds. The summed E-state index contributed by atoms with van der Waals surface area (Å²) >= 11 is 5.58. The minimum atomic E-state index is -0.289. The van der Waals surface area contributed by atoms with Crippen LogP contribution in [0.5, 0.6) is 0 Å². The Balaban J connectivity index is 1.75. The van der Waals surface area contributed by atoms with Crippen LogP contribution in [0.25, 0.3) is 0 Å². The third kappa shape index (κ3) is 5.49. The van der Waals surface area contributed by atoms with E-state index in [2.05, 4.69) is 15.5 Å². The van der Waals surface area contributed by atoms with Crippen molar-refractivity contribution in [2.75, 3.05) is 35.7 Å². The van der Waals surface area contributed by atoms with Gasteiger partial charge < -0.3 is 15.5 Å². The number of nitrogens with one attached hydrogen (secondary N) is 2. The molecule has 5 nitrogen and oxygen atoms in total. The molecule has 1 saturated heterocycles. The highest BCUT2D eigenvalue weighted by atomic mass is 35.5. The molecule has 2 aromatic carbocycles. The SMILES string of the molecule is O=C(CCl)Nc1ccc(N2CCCCC2)c(C(=O)NCCc2ccccc2)c1. The first-order chi connectivity index (χ1) is 13.7. The number of rotatable bonds is 7. The van der Waals surface area contributed by atoms with E-state index in [4.69, 9.17) is 11.6 Å². The van der Waals surface area contributed by atoms with Crippen molar-refractivity contribution in [2.45, 2.75) is 25.7 Å². The normalized spacial score (nSPS) is 13.8. The van der Waals surface area contributed by atoms with Crippen LogP contribution in [0.4, 0.5) is 11.4 Å². The van der Waals surface area contributed by atoms with Crippen molar-refractivity contribution in [1.82, 2.24) is 5.32 Å². The first-order valence-electron chi connectivity index (χ1n) is 9.74. The van der Waals surface area contributed by atoms with Crippen LogP contribution >= 0.6 is 11.6 Å². The third-order valence-corrected chi connectivity index (χ3v) is 5.13. The summed E-state index contributed by atoms with van der Waals surface area (Å²) in [6.45, 7) is 2.44.